The van der Waals surface area contributed by atoms with Crippen molar-refractivity contribution < 1.29 is 27.4 Å². The van der Waals surface area contributed by atoms with Gasteiger partial charge in [-0.3, -0.25) is 4.79 Å². The van der Waals surface area contributed by atoms with Crippen molar-refractivity contribution in [1.82, 2.24) is 0 Å². The average molecular weight is 379 g/mol. The minimum atomic E-state index is -4.48. The molecule has 0 aliphatic carbocycles. The molecule has 1 fully saturated rings. The van der Waals surface area contributed by atoms with E-state index in [9.17, 15) is 18.0 Å². The van der Waals surface area contributed by atoms with Crippen LogP contribution in [0.25, 0.3) is 0 Å². The second-order valence-corrected chi connectivity index (χ2v) is 6.42. The number of carbonyl (C=O) groups excluding carboxylic acids is 1. The summed E-state index contributed by atoms with van der Waals surface area (Å²) in [5.41, 5.74) is -0.347. The molecule has 0 aromatic heterocycles. The number of carbonyl (C=O) groups is 1. The Bertz CT molecular complexity index is 814. The van der Waals surface area contributed by atoms with Gasteiger partial charge in [0.25, 0.3) is 5.91 Å². The number of hydrogen-bond donors (Lipinski definition) is 1. The first-order valence-corrected chi connectivity index (χ1v) is 8.67. The summed E-state index contributed by atoms with van der Waals surface area (Å²) in [5.74, 6) is -0.163. The third-order valence-electron chi connectivity index (χ3n) is 4.38. The van der Waals surface area contributed by atoms with Gasteiger partial charge in [0, 0.05) is 12.3 Å². The Hall–Kier alpha value is -2.54. The maximum absolute atomic E-state index is 13.1. The van der Waals surface area contributed by atoms with Crippen molar-refractivity contribution in [2.24, 2.45) is 0 Å². The monoisotopic (exact) mass is 379 g/mol. The molecule has 4 nitrogen and oxygen atoms in total. The van der Waals surface area contributed by atoms with Crippen molar-refractivity contribution in [1.29, 1.82) is 0 Å². The molecule has 7 heteroatoms. The first kappa shape index (κ1) is 19.2. The van der Waals surface area contributed by atoms with Crippen LogP contribution in [0.1, 0.15) is 34.3 Å². The van der Waals surface area contributed by atoms with Crippen molar-refractivity contribution in [3.8, 4) is 5.75 Å². The third-order valence-corrected chi connectivity index (χ3v) is 4.38. The van der Waals surface area contributed by atoms with Crippen LogP contribution in [0.2, 0.25) is 0 Å². The Kier molecular flexibility index (Phi) is 5.70. The molecule has 3 rings (SSSR count). The number of rotatable bonds is 5. The van der Waals surface area contributed by atoms with E-state index >= 15 is 0 Å². The molecule has 2 aromatic rings. The lowest BCUT2D eigenvalue weighted by Crippen LogP contribution is -2.19. The van der Waals surface area contributed by atoms with Crippen LogP contribution in [0.3, 0.4) is 0 Å². The molecule has 1 atom stereocenters. The van der Waals surface area contributed by atoms with Gasteiger partial charge in [-0.1, -0.05) is 18.2 Å². The van der Waals surface area contributed by atoms with Gasteiger partial charge >= 0.3 is 6.18 Å². The Labute approximate surface area is 155 Å². The van der Waals surface area contributed by atoms with E-state index in [4.69, 9.17) is 9.47 Å². The van der Waals surface area contributed by atoms with Crippen molar-refractivity contribution in [2.75, 3.05) is 18.5 Å². The number of hydrogen-bond acceptors (Lipinski definition) is 3. The quantitative estimate of drug-likeness (QED) is 0.810. The van der Waals surface area contributed by atoms with E-state index in [1.54, 1.807) is 24.3 Å². The number of aryl methyl sites for hydroxylation is 1. The fraction of sp³-hybridized carbons (Fsp3) is 0.350. The van der Waals surface area contributed by atoms with Crippen LogP contribution in [0.15, 0.2) is 42.5 Å². The number of benzene rings is 2. The van der Waals surface area contributed by atoms with Crippen LogP contribution in [-0.2, 0) is 10.9 Å². The molecule has 1 N–H and O–H groups in total. The molecule has 1 heterocycles. The number of amides is 1. The molecule has 144 valence electrons. The zero-order valence-corrected chi connectivity index (χ0v) is 14.8. The number of ether oxygens (including phenoxy) is 2. The van der Waals surface area contributed by atoms with E-state index in [0.29, 0.717) is 19.0 Å². The van der Waals surface area contributed by atoms with E-state index in [2.05, 4.69) is 5.32 Å². The van der Waals surface area contributed by atoms with E-state index in [1.807, 2.05) is 0 Å². The lowest BCUT2D eigenvalue weighted by atomic mass is 10.1. The highest BCUT2D eigenvalue weighted by Crippen LogP contribution is 2.33. The molecule has 0 radical (unpaired) electrons. The van der Waals surface area contributed by atoms with Gasteiger partial charge in [0.1, 0.15) is 12.4 Å². The molecule has 2 aromatic carbocycles. The highest BCUT2D eigenvalue weighted by molar-refractivity contribution is 6.06. The average Bonchev–Trinajstić information content (AvgIpc) is 3.14. The van der Waals surface area contributed by atoms with Gasteiger partial charge in [-0.25, -0.2) is 0 Å². The molecule has 1 amide bonds. The van der Waals surface area contributed by atoms with Crippen LogP contribution < -0.4 is 10.1 Å². The smallest absolute Gasteiger partial charge is 0.416 e. The van der Waals surface area contributed by atoms with E-state index in [0.717, 1.165) is 18.9 Å². The lowest BCUT2D eigenvalue weighted by molar-refractivity contribution is -0.138. The SMILES string of the molecule is Cc1ccc(NC(=O)c2ccccc2OC[C@H]2CCCO2)cc1C(F)(F)F. The van der Waals surface area contributed by atoms with Crippen LogP contribution in [0.5, 0.6) is 5.75 Å². The van der Waals surface area contributed by atoms with Crippen LogP contribution in [0, 0.1) is 6.92 Å². The first-order valence-electron chi connectivity index (χ1n) is 8.67. The highest BCUT2D eigenvalue weighted by Gasteiger charge is 2.32. The standard InChI is InChI=1S/C20H20F3NO3/c1-13-8-9-14(11-17(13)20(21,22)23)24-19(25)16-6-2-3-7-18(16)27-12-15-5-4-10-26-15/h2-3,6-9,11,15H,4-5,10,12H2,1H3,(H,24,25)/t15-/m1/s1. The van der Waals surface area contributed by atoms with Crippen LogP contribution in [0.4, 0.5) is 18.9 Å². The molecule has 1 saturated heterocycles. The van der Waals surface area contributed by atoms with Gasteiger partial charge in [0.2, 0.25) is 0 Å². The summed E-state index contributed by atoms with van der Waals surface area (Å²) in [4.78, 5) is 12.6. The van der Waals surface area contributed by atoms with Crippen LogP contribution in [-0.4, -0.2) is 25.2 Å². The zero-order valence-electron chi connectivity index (χ0n) is 14.8. The largest absolute Gasteiger partial charge is 0.490 e. The number of anilines is 1. The number of nitrogens with one attached hydrogen (secondary N) is 1. The minimum absolute atomic E-state index is 0.00689. The summed E-state index contributed by atoms with van der Waals surface area (Å²) in [6.45, 7) is 2.40. The van der Waals surface area contributed by atoms with E-state index < -0.39 is 17.6 Å². The maximum atomic E-state index is 13.1. The molecule has 27 heavy (non-hydrogen) atoms. The highest BCUT2D eigenvalue weighted by atomic mass is 19.4. The molecule has 0 bridgehead atoms. The van der Waals surface area contributed by atoms with Gasteiger partial charge in [-0.2, -0.15) is 13.2 Å². The molecule has 1 aliphatic heterocycles. The van der Waals surface area contributed by atoms with Gasteiger partial charge in [0.05, 0.1) is 17.2 Å². The summed E-state index contributed by atoms with van der Waals surface area (Å²) in [6, 6.07) is 10.3. The van der Waals surface area contributed by atoms with Crippen molar-refractivity contribution in [3.05, 3.63) is 59.2 Å². The van der Waals surface area contributed by atoms with Crippen LogP contribution >= 0.6 is 0 Å². The van der Waals surface area contributed by atoms with Gasteiger partial charge in [-0.15, -0.1) is 0 Å². The normalized spacial score (nSPS) is 17.0. The third kappa shape index (κ3) is 4.80. The summed E-state index contributed by atoms with van der Waals surface area (Å²) in [5, 5.41) is 2.52. The minimum Gasteiger partial charge on any atom is -0.490 e. The molecule has 0 saturated carbocycles. The fourth-order valence-electron chi connectivity index (χ4n) is 2.94. The predicted molar refractivity (Wildman–Crippen MR) is 95.0 cm³/mol. The molecular weight excluding hydrogens is 359 g/mol. The summed E-state index contributed by atoms with van der Waals surface area (Å²) >= 11 is 0. The maximum Gasteiger partial charge on any atom is 0.416 e. The Morgan fingerprint density at radius 3 is 2.74 bits per heavy atom. The second-order valence-electron chi connectivity index (χ2n) is 6.42. The second kappa shape index (κ2) is 8.00. The summed E-state index contributed by atoms with van der Waals surface area (Å²) in [7, 11) is 0. The number of halogens is 3. The summed E-state index contributed by atoms with van der Waals surface area (Å²) < 4.78 is 50.4. The lowest BCUT2D eigenvalue weighted by Gasteiger charge is -2.15. The van der Waals surface area contributed by atoms with E-state index in [-0.39, 0.29) is 22.9 Å². The van der Waals surface area contributed by atoms with E-state index in [1.165, 1.54) is 19.1 Å². The first-order chi connectivity index (χ1) is 12.8. The Balaban J connectivity index is 1.74. The summed E-state index contributed by atoms with van der Waals surface area (Å²) in [6.07, 6.45) is -2.61. The Morgan fingerprint density at radius 1 is 1.26 bits per heavy atom. The van der Waals surface area contributed by atoms with Crippen molar-refractivity contribution in [3.63, 3.8) is 0 Å². The Morgan fingerprint density at radius 2 is 2.04 bits per heavy atom. The van der Waals surface area contributed by atoms with Gasteiger partial charge in [-0.05, 0) is 49.6 Å². The predicted octanol–water partition coefficient (Wildman–Crippen LogP) is 4.82. The molecule has 0 spiro atoms. The zero-order chi connectivity index (χ0) is 19.4. The fourth-order valence-corrected chi connectivity index (χ4v) is 2.94. The molecule has 0 unspecified atom stereocenters. The molecular formula is C20H20F3NO3. The number of para-hydroxylation sites is 1. The van der Waals surface area contributed by atoms with Crippen molar-refractivity contribution in [2.45, 2.75) is 32.0 Å². The van der Waals surface area contributed by atoms with Crippen molar-refractivity contribution >= 4 is 11.6 Å². The van der Waals surface area contributed by atoms with Gasteiger partial charge < -0.3 is 14.8 Å². The number of alkyl halides is 3. The van der Waals surface area contributed by atoms with Gasteiger partial charge in [0.15, 0.2) is 0 Å². The molecule has 1 aliphatic rings. The topological polar surface area (TPSA) is 47.6 Å².